The molecule has 1 amide bonds. The van der Waals surface area contributed by atoms with Crippen LogP contribution < -0.4 is 5.32 Å². The summed E-state index contributed by atoms with van der Waals surface area (Å²) < 4.78 is 0.715. The minimum atomic E-state index is -0.484. The number of nitro benzene ring substituents is 1. The standard InChI is InChI=1S/C14H18IN3O3/c1-17-7-3-2-4-11(17)9-16-14(19)12-8-10(18(20)21)5-6-13(12)15/h5-6,8,11H,2-4,7,9H2,1H3,(H,16,19). The van der Waals surface area contributed by atoms with Gasteiger partial charge in [-0.15, -0.1) is 0 Å². The van der Waals surface area contributed by atoms with E-state index in [1.165, 1.54) is 25.0 Å². The van der Waals surface area contributed by atoms with Gasteiger partial charge >= 0.3 is 0 Å². The van der Waals surface area contributed by atoms with Crippen molar-refractivity contribution in [3.8, 4) is 0 Å². The summed E-state index contributed by atoms with van der Waals surface area (Å²) >= 11 is 2.02. The molecule has 1 N–H and O–H groups in total. The Kier molecular flexibility index (Phi) is 5.51. The number of non-ortho nitro benzene ring substituents is 1. The third kappa shape index (κ3) is 4.13. The SMILES string of the molecule is CN1CCCCC1CNC(=O)c1cc([N+](=O)[O-])ccc1I. The van der Waals surface area contributed by atoms with Gasteiger partial charge in [0.1, 0.15) is 0 Å². The predicted octanol–water partition coefficient (Wildman–Crippen LogP) is 2.41. The zero-order chi connectivity index (χ0) is 15.4. The number of hydrogen-bond donors (Lipinski definition) is 1. The fraction of sp³-hybridized carbons (Fsp3) is 0.500. The van der Waals surface area contributed by atoms with Gasteiger partial charge in [0.2, 0.25) is 0 Å². The van der Waals surface area contributed by atoms with Crippen molar-refractivity contribution in [1.82, 2.24) is 10.2 Å². The highest BCUT2D eigenvalue weighted by Crippen LogP contribution is 2.20. The second-order valence-electron chi connectivity index (χ2n) is 5.26. The van der Waals surface area contributed by atoms with Crippen LogP contribution in [0.5, 0.6) is 0 Å². The fourth-order valence-corrected chi connectivity index (χ4v) is 3.09. The van der Waals surface area contributed by atoms with Gasteiger partial charge in [-0.2, -0.15) is 0 Å². The largest absolute Gasteiger partial charge is 0.350 e. The highest BCUT2D eigenvalue weighted by Gasteiger charge is 2.21. The molecule has 1 aromatic carbocycles. The van der Waals surface area contributed by atoms with Gasteiger partial charge in [0.15, 0.2) is 0 Å². The molecular formula is C14H18IN3O3. The van der Waals surface area contributed by atoms with E-state index < -0.39 is 4.92 Å². The Balaban J connectivity index is 2.02. The molecule has 0 radical (unpaired) electrons. The Morgan fingerprint density at radius 3 is 2.95 bits per heavy atom. The van der Waals surface area contributed by atoms with Crippen LogP contribution in [0.1, 0.15) is 29.6 Å². The number of halogens is 1. The lowest BCUT2D eigenvalue weighted by Crippen LogP contribution is -2.44. The number of likely N-dealkylation sites (N-methyl/N-ethyl adjacent to an activating group) is 1. The number of nitrogens with zero attached hydrogens (tertiary/aromatic N) is 2. The highest BCUT2D eigenvalue weighted by molar-refractivity contribution is 14.1. The van der Waals surface area contributed by atoms with Gasteiger partial charge in [-0.3, -0.25) is 14.9 Å². The van der Waals surface area contributed by atoms with Crippen LogP contribution in [0.4, 0.5) is 5.69 Å². The first-order valence-electron chi connectivity index (χ1n) is 6.91. The van der Waals surface area contributed by atoms with Crippen LogP contribution in [0, 0.1) is 13.7 Å². The van der Waals surface area contributed by atoms with E-state index in [-0.39, 0.29) is 11.6 Å². The molecule has 1 aliphatic rings. The molecule has 0 spiro atoms. The molecular weight excluding hydrogens is 385 g/mol. The van der Waals surface area contributed by atoms with Crippen molar-refractivity contribution in [3.63, 3.8) is 0 Å². The van der Waals surface area contributed by atoms with Crippen molar-refractivity contribution < 1.29 is 9.72 Å². The summed E-state index contributed by atoms with van der Waals surface area (Å²) in [6.07, 6.45) is 3.45. The van der Waals surface area contributed by atoms with Crippen molar-refractivity contribution in [2.75, 3.05) is 20.1 Å². The number of benzene rings is 1. The number of carbonyl (C=O) groups excluding carboxylic acids is 1. The molecule has 2 rings (SSSR count). The summed E-state index contributed by atoms with van der Waals surface area (Å²) in [5.41, 5.74) is 0.304. The molecule has 1 fully saturated rings. The van der Waals surface area contributed by atoms with Gasteiger partial charge in [-0.1, -0.05) is 6.42 Å². The van der Waals surface area contributed by atoms with Crippen molar-refractivity contribution in [1.29, 1.82) is 0 Å². The highest BCUT2D eigenvalue weighted by atomic mass is 127. The predicted molar refractivity (Wildman–Crippen MR) is 88.4 cm³/mol. The average Bonchev–Trinajstić information content (AvgIpc) is 2.46. The van der Waals surface area contributed by atoms with Crippen LogP contribution in [0.15, 0.2) is 18.2 Å². The topological polar surface area (TPSA) is 75.5 Å². The van der Waals surface area contributed by atoms with Gasteiger partial charge in [0, 0.05) is 28.3 Å². The summed E-state index contributed by atoms with van der Waals surface area (Å²) in [6.45, 7) is 1.63. The molecule has 1 aliphatic heterocycles. The lowest BCUT2D eigenvalue weighted by molar-refractivity contribution is -0.384. The monoisotopic (exact) mass is 403 g/mol. The lowest BCUT2D eigenvalue weighted by Gasteiger charge is -2.32. The van der Waals surface area contributed by atoms with E-state index >= 15 is 0 Å². The van der Waals surface area contributed by atoms with Crippen molar-refractivity contribution in [2.24, 2.45) is 0 Å². The molecule has 1 unspecified atom stereocenters. The first kappa shape index (κ1) is 16.2. The molecule has 7 heteroatoms. The number of nitrogens with one attached hydrogen (secondary N) is 1. The van der Waals surface area contributed by atoms with Crippen molar-refractivity contribution >= 4 is 34.2 Å². The summed E-state index contributed by atoms with van der Waals surface area (Å²) in [6, 6.07) is 4.69. The molecule has 6 nitrogen and oxygen atoms in total. The number of carbonyl (C=O) groups is 1. The zero-order valence-corrected chi connectivity index (χ0v) is 14.0. The van der Waals surface area contributed by atoms with Gasteiger partial charge in [0.05, 0.1) is 10.5 Å². The summed E-state index contributed by atoms with van der Waals surface area (Å²) in [7, 11) is 2.06. The fourth-order valence-electron chi connectivity index (χ4n) is 2.51. The third-order valence-electron chi connectivity index (χ3n) is 3.83. The summed E-state index contributed by atoms with van der Waals surface area (Å²) in [5, 5.41) is 13.7. The molecule has 1 saturated heterocycles. The minimum absolute atomic E-state index is 0.0599. The Hall–Kier alpha value is -1.22. The third-order valence-corrected chi connectivity index (χ3v) is 4.77. The first-order valence-corrected chi connectivity index (χ1v) is 7.99. The van der Waals surface area contributed by atoms with E-state index in [0.717, 1.165) is 13.0 Å². The number of rotatable bonds is 4. The number of hydrogen-bond acceptors (Lipinski definition) is 4. The summed E-state index contributed by atoms with van der Waals surface area (Å²) in [4.78, 5) is 24.8. The van der Waals surface area contributed by atoms with E-state index in [4.69, 9.17) is 0 Å². The number of amides is 1. The number of likely N-dealkylation sites (tertiary alicyclic amines) is 1. The zero-order valence-electron chi connectivity index (χ0n) is 11.8. The Bertz CT molecular complexity index is 550. The second-order valence-corrected chi connectivity index (χ2v) is 6.42. The average molecular weight is 403 g/mol. The number of piperidine rings is 1. The van der Waals surface area contributed by atoms with E-state index in [1.807, 2.05) is 22.6 Å². The Labute approximate surface area is 137 Å². The summed E-state index contributed by atoms with van der Waals surface area (Å²) in [5.74, 6) is -0.248. The maximum absolute atomic E-state index is 12.2. The van der Waals surface area contributed by atoms with E-state index in [0.29, 0.717) is 21.7 Å². The van der Waals surface area contributed by atoms with Gasteiger partial charge in [0.25, 0.3) is 11.6 Å². The van der Waals surface area contributed by atoms with Crippen LogP contribution in [0.2, 0.25) is 0 Å². The quantitative estimate of drug-likeness (QED) is 0.476. The van der Waals surface area contributed by atoms with E-state index in [2.05, 4.69) is 17.3 Å². The van der Waals surface area contributed by atoms with Crippen LogP contribution in [-0.2, 0) is 0 Å². The van der Waals surface area contributed by atoms with Gasteiger partial charge < -0.3 is 10.2 Å². The molecule has 0 aliphatic carbocycles. The molecule has 0 aromatic heterocycles. The van der Waals surface area contributed by atoms with E-state index in [1.54, 1.807) is 6.07 Å². The molecule has 0 saturated carbocycles. The second kappa shape index (κ2) is 7.17. The maximum atomic E-state index is 12.2. The van der Waals surface area contributed by atoms with Crippen LogP contribution in [0.3, 0.4) is 0 Å². The Morgan fingerprint density at radius 2 is 2.29 bits per heavy atom. The molecule has 114 valence electrons. The smallest absolute Gasteiger partial charge is 0.270 e. The molecule has 21 heavy (non-hydrogen) atoms. The van der Waals surface area contributed by atoms with Gasteiger partial charge in [-0.05, 0) is 55.1 Å². The van der Waals surface area contributed by atoms with Crippen LogP contribution >= 0.6 is 22.6 Å². The lowest BCUT2D eigenvalue weighted by atomic mass is 10.0. The Morgan fingerprint density at radius 1 is 1.52 bits per heavy atom. The van der Waals surface area contributed by atoms with Crippen molar-refractivity contribution in [2.45, 2.75) is 25.3 Å². The van der Waals surface area contributed by atoms with E-state index in [9.17, 15) is 14.9 Å². The molecule has 1 heterocycles. The molecule has 1 aromatic rings. The molecule has 0 bridgehead atoms. The van der Waals surface area contributed by atoms with Crippen LogP contribution in [-0.4, -0.2) is 41.9 Å². The van der Waals surface area contributed by atoms with Crippen molar-refractivity contribution in [3.05, 3.63) is 37.4 Å². The first-order chi connectivity index (χ1) is 9.99. The van der Waals surface area contributed by atoms with Gasteiger partial charge in [-0.25, -0.2) is 0 Å². The normalized spacial score (nSPS) is 19.2. The number of nitro groups is 1. The molecule has 1 atom stereocenters. The maximum Gasteiger partial charge on any atom is 0.270 e. The minimum Gasteiger partial charge on any atom is -0.350 e. The van der Waals surface area contributed by atoms with Crippen LogP contribution in [0.25, 0.3) is 0 Å².